The molecule has 4 rings (SSSR count). The molecule has 1 N–H and O–H groups in total. The third-order valence-corrected chi connectivity index (χ3v) is 6.57. The van der Waals surface area contributed by atoms with Crippen molar-refractivity contribution >= 4 is 30.4 Å². The van der Waals surface area contributed by atoms with Crippen LogP contribution in [0.3, 0.4) is 0 Å². The lowest BCUT2D eigenvalue weighted by Gasteiger charge is -2.33. The Kier molecular flexibility index (Phi) is 8.06. The minimum atomic E-state index is -1.34. The van der Waals surface area contributed by atoms with E-state index in [1.165, 1.54) is 25.4 Å². The highest BCUT2D eigenvalue weighted by Gasteiger charge is 2.28. The Bertz CT molecular complexity index is 1500. The smallest absolute Gasteiger partial charge is 0.158 e. The van der Waals surface area contributed by atoms with Gasteiger partial charge in [0.15, 0.2) is 5.82 Å². The summed E-state index contributed by atoms with van der Waals surface area (Å²) >= 11 is 6.50. The first kappa shape index (κ1) is 27.6. The van der Waals surface area contributed by atoms with Crippen molar-refractivity contribution in [1.82, 2.24) is 25.1 Å². The number of rotatable bonds is 9. The maximum Gasteiger partial charge on any atom is 0.158 e. The molecule has 0 amide bonds. The van der Waals surface area contributed by atoms with Crippen LogP contribution in [0.2, 0.25) is 5.02 Å². The second kappa shape index (κ2) is 11.1. The van der Waals surface area contributed by atoms with Gasteiger partial charge in [0.25, 0.3) is 0 Å². The van der Waals surface area contributed by atoms with Crippen LogP contribution in [-0.4, -0.2) is 33.8 Å². The summed E-state index contributed by atoms with van der Waals surface area (Å²) in [6.45, 7) is 6.83. The van der Waals surface area contributed by atoms with Crippen molar-refractivity contribution in [2.75, 3.05) is 0 Å². The third-order valence-electron chi connectivity index (χ3n) is 6.23. The van der Waals surface area contributed by atoms with Crippen molar-refractivity contribution in [3.8, 4) is 17.1 Å². The van der Waals surface area contributed by atoms with Gasteiger partial charge in [0.1, 0.15) is 44.0 Å². The van der Waals surface area contributed by atoms with Gasteiger partial charge in [0, 0.05) is 40.4 Å². The SMILES string of the molecule is [B][C@@](C)(N/C(=C\CC)C(C)F)c1cc(F)cc(Cl)c1COc1cccc2c(-c3ncnn3C)cc(C)nc12. The Balaban J connectivity index is 1.74. The zero-order valence-corrected chi connectivity index (χ0v) is 22.8. The molecular formula is C28H29BClF2N5O. The van der Waals surface area contributed by atoms with Crippen LogP contribution in [-0.2, 0) is 19.1 Å². The number of aryl methyl sites for hydroxylation is 2. The number of aromatic nitrogens is 4. The molecule has 1 unspecified atom stereocenters. The van der Waals surface area contributed by atoms with Gasteiger partial charge < -0.3 is 10.1 Å². The fraction of sp³-hybridized carbons (Fsp3) is 0.321. The molecule has 196 valence electrons. The van der Waals surface area contributed by atoms with Crippen LogP contribution in [0.1, 0.15) is 44.0 Å². The Morgan fingerprint density at radius 2 is 2.08 bits per heavy atom. The standard InChI is InChI=1S/C28H29BClF2N5O/c1-6-8-24(17(3)31)36-28(4,29)22-12-18(32)13-23(30)21(22)14-38-25-10-7-9-19-20(11-16(2)35-26(19)25)27-33-15-34-37(27)5/h7-13,15,17,36H,6,14H2,1-5H3/b24-8-/t17?,28-/m0/s1. The molecule has 4 aromatic rings. The molecule has 0 bridgehead atoms. The molecule has 2 heterocycles. The number of hydrogen-bond acceptors (Lipinski definition) is 5. The number of nitrogens with zero attached hydrogens (tertiary/aromatic N) is 4. The number of hydrogen-bond donors (Lipinski definition) is 1. The molecule has 0 aliphatic rings. The van der Waals surface area contributed by atoms with Crippen LogP contribution in [0, 0.1) is 12.7 Å². The lowest BCUT2D eigenvalue weighted by atomic mass is 9.71. The highest BCUT2D eigenvalue weighted by atomic mass is 35.5. The summed E-state index contributed by atoms with van der Waals surface area (Å²) in [5, 5.41) is 8.20. The second-order valence-electron chi connectivity index (χ2n) is 9.38. The number of benzene rings is 2. The average Bonchev–Trinajstić information content (AvgIpc) is 3.27. The number of fused-ring (bicyclic) bond motifs is 1. The summed E-state index contributed by atoms with van der Waals surface area (Å²) in [5.41, 5.74) is 2.10. The van der Waals surface area contributed by atoms with E-state index in [2.05, 4.69) is 15.4 Å². The minimum Gasteiger partial charge on any atom is -0.487 e. The van der Waals surface area contributed by atoms with E-state index in [-0.39, 0.29) is 11.6 Å². The number of para-hydroxylation sites is 1. The molecule has 10 heteroatoms. The molecule has 38 heavy (non-hydrogen) atoms. The number of halogens is 3. The summed E-state index contributed by atoms with van der Waals surface area (Å²) in [5.74, 6) is 0.651. The molecule has 2 aromatic heterocycles. The summed E-state index contributed by atoms with van der Waals surface area (Å²) in [6, 6.07) is 10.1. The van der Waals surface area contributed by atoms with Crippen LogP contribution >= 0.6 is 11.6 Å². The number of nitrogens with one attached hydrogen (secondary N) is 1. The quantitative estimate of drug-likeness (QED) is 0.255. The van der Waals surface area contributed by atoms with Crippen LogP contribution in [0.15, 0.2) is 54.5 Å². The van der Waals surface area contributed by atoms with Gasteiger partial charge in [-0.05, 0) is 57.0 Å². The van der Waals surface area contributed by atoms with Gasteiger partial charge in [-0.25, -0.2) is 23.4 Å². The van der Waals surface area contributed by atoms with E-state index < -0.39 is 17.4 Å². The zero-order valence-electron chi connectivity index (χ0n) is 22.0. The molecule has 0 aliphatic heterocycles. The van der Waals surface area contributed by atoms with E-state index in [9.17, 15) is 8.78 Å². The monoisotopic (exact) mass is 535 g/mol. The molecule has 2 atom stereocenters. The first-order chi connectivity index (χ1) is 18.0. The van der Waals surface area contributed by atoms with Crippen molar-refractivity contribution in [2.45, 2.75) is 52.3 Å². The average molecular weight is 536 g/mol. The van der Waals surface area contributed by atoms with Gasteiger partial charge >= 0.3 is 0 Å². The summed E-state index contributed by atoms with van der Waals surface area (Å²) in [6.07, 6.45) is 2.54. The molecule has 2 radical (unpaired) electrons. The molecule has 0 aliphatic carbocycles. The predicted molar refractivity (Wildman–Crippen MR) is 147 cm³/mol. The summed E-state index contributed by atoms with van der Waals surface area (Å²) in [4.78, 5) is 9.10. The Morgan fingerprint density at radius 3 is 2.74 bits per heavy atom. The first-order valence-corrected chi connectivity index (χ1v) is 12.7. The van der Waals surface area contributed by atoms with Gasteiger partial charge in [-0.1, -0.05) is 36.7 Å². The number of allylic oxidation sites excluding steroid dienone is 2. The van der Waals surface area contributed by atoms with Crippen LogP contribution < -0.4 is 10.1 Å². The largest absolute Gasteiger partial charge is 0.487 e. The van der Waals surface area contributed by atoms with E-state index in [1.54, 1.807) is 23.7 Å². The number of pyridine rings is 1. The fourth-order valence-electron chi connectivity index (χ4n) is 4.46. The van der Waals surface area contributed by atoms with Crippen molar-refractivity contribution in [3.63, 3.8) is 0 Å². The van der Waals surface area contributed by atoms with Gasteiger partial charge in [0.05, 0.1) is 5.02 Å². The topological polar surface area (TPSA) is 64.9 Å². The summed E-state index contributed by atoms with van der Waals surface area (Å²) < 4.78 is 36.7. The molecule has 0 saturated heterocycles. The molecule has 0 fully saturated rings. The van der Waals surface area contributed by atoms with Crippen LogP contribution in [0.4, 0.5) is 8.78 Å². The van der Waals surface area contributed by atoms with E-state index >= 15 is 0 Å². The fourth-order valence-corrected chi connectivity index (χ4v) is 4.72. The molecule has 6 nitrogen and oxygen atoms in total. The van der Waals surface area contributed by atoms with Gasteiger partial charge in [-0.2, -0.15) is 5.10 Å². The predicted octanol–water partition coefficient (Wildman–Crippen LogP) is 6.29. The lowest BCUT2D eigenvalue weighted by molar-refractivity contribution is 0.305. The normalized spacial score (nSPS) is 14.4. The third kappa shape index (κ3) is 5.67. The molecule has 0 spiro atoms. The lowest BCUT2D eigenvalue weighted by Crippen LogP contribution is -2.42. The van der Waals surface area contributed by atoms with E-state index in [1.807, 2.05) is 39.1 Å². The van der Waals surface area contributed by atoms with Gasteiger partial charge in [0.2, 0.25) is 0 Å². The first-order valence-electron chi connectivity index (χ1n) is 12.3. The Morgan fingerprint density at radius 1 is 1.32 bits per heavy atom. The van der Waals surface area contributed by atoms with Crippen LogP contribution in [0.25, 0.3) is 22.3 Å². The minimum absolute atomic E-state index is 0.0189. The second-order valence-corrected chi connectivity index (χ2v) is 9.79. The van der Waals surface area contributed by atoms with Crippen LogP contribution in [0.5, 0.6) is 5.75 Å². The van der Waals surface area contributed by atoms with Crippen molar-refractivity contribution in [1.29, 1.82) is 0 Å². The van der Waals surface area contributed by atoms with Crippen molar-refractivity contribution in [3.05, 3.63) is 82.2 Å². The Hall–Kier alpha value is -3.46. The maximum absolute atomic E-state index is 14.5. The van der Waals surface area contributed by atoms with Gasteiger partial charge in [-0.15, -0.1) is 0 Å². The summed E-state index contributed by atoms with van der Waals surface area (Å²) in [7, 11) is 8.41. The van der Waals surface area contributed by atoms with E-state index in [0.717, 1.165) is 16.6 Å². The van der Waals surface area contributed by atoms with Gasteiger partial charge in [-0.3, -0.25) is 0 Å². The molecule has 2 aromatic carbocycles. The van der Waals surface area contributed by atoms with Crippen molar-refractivity contribution < 1.29 is 13.5 Å². The number of alkyl halides is 1. The Labute approximate surface area is 227 Å². The van der Waals surface area contributed by atoms with E-state index in [0.29, 0.717) is 40.3 Å². The highest BCUT2D eigenvalue weighted by Crippen LogP contribution is 2.35. The van der Waals surface area contributed by atoms with E-state index in [4.69, 9.17) is 29.2 Å². The zero-order chi connectivity index (χ0) is 27.6. The molecule has 0 saturated carbocycles. The maximum atomic E-state index is 14.5. The highest BCUT2D eigenvalue weighted by molar-refractivity contribution is 6.31. The molecular weight excluding hydrogens is 507 g/mol. The number of ether oxygens (including phenoxy) is 1. The van der Waals surface area contributed by atoms with Crippen molar-refractivity contribution in [2.24, 2.45) is 7.05 Å².